The van der Waals surface area contributed by atoms with Crippen LogP contribution >= 0.6 is 0 Å². The van der Waals surface area contributed by atoms with E-state index < -0.39 is 11.7 Å². The zero-order chi connectivity index (χ0) is 14.3. The predicted molar refractivity (Wildman–Crippen MR) is 74.8 cm³/mol. The van der Waals surface area contributed by atoms with Crippen LogP contribution < -0.4 is 9.90 Å². The molecule has 1 heterocycles. The Labute approximate surface area is 116 Å². The SMILES string of the molecule is Cc1ccc(ON2C(=O)C(=O)c3ccccc32)c(C)c1. The number of benzene rings is 2. The summed E-state index contributed by atoms with van der Waals surface area (Å²) < 4.78 is 0. The van der Waals surface area contributed by atoms with Crippen molar-refractivity contribution in [3.63, 3.8) is 0 Å². The highest BCUT2D eigenvalue weighted by molar-refractivity contribution is 6.51. The van der Waals surface area contributed by atoms with E-state index >= 15 is 0 Å². The molecule has 4 heteroatoms. The number of carbonyl (C=O) groups is 2. The quantitative estimate of drug-likeness (QED) is 0.786. The molecule has 0 aliphatic carbocycles. The molecule has 0 spiro atoms. The molecule has 2 aromatic rings. The molecular weight excluding hydrogens is 254 g/mol. The lowest BCUT2D eigenvalue weighted by Gasteiger charge is -2.18. The van der Waals surface area contributed by atoms with Crippen molar-refractivity contribution in [3.8, 4) is 5.75 Å². The maximum Gasteiger partial charge on any atom is 0.332 e. The van der Waals surface area contributed by atoms with Crippen LogP contribution in [0.15, 0.2) is 42.5 Å². The lowest BCUT2D eigenvalue weighted by atomic mass is 10.1. The van der Waals surface area contributed by atoms with E-state index in [1.54, 1.807) is 30.3 Å². The van der Waals surface area contributed by atoms with E-state index in [2.05, 4.69) is 0 Å². The second-order valence-corrected chi connectivity index (χ2v) is 4.81. The molecule has 0 unspecified atom stereocenters. The summed E-state index contributed by atoms with van der Waals surface area (Å²) in [5, 5.41) is 1.06. The summed E-state index contributed by atoms with van der Waals surface area (Å²) in [5.74, 6) is -0.634. The van der Waals surface area contributed by atoms with Crippen molar-refractivity contribution in [2.45, 2.75) is 13.8 Å². The van der Waals surface area contributed by atoms with Crippen LogP contribution in [0.1, 0.15) is 21.5 Å². The number of nitrogens with zero attached hydrogens (tertiary/aromatic N) is 1. The number of fused-ring (bicyclic) bond motifs is 1. The van der Waals surface area contributed by atoms with E-state index in [0.717, 1.165) is 16.2 Å². The summed E-state index contributed by atoms with van der Waals surface area (Å²) in [5.41, 5.74) is 2.89. The summed E-state index contributed by atoms with van der Waals surface area (Å²) >= 11 is 0. The van der Waals surface area contributed by atoms with Crippen molar-refractivity contribution in [1.29, 1.82) is 0 Å². The number of para-hydroxylation sites is 1. The Kier molecular flexibility index (Phi) is 2.79. The molecule has 2 aromatic carbocycles. The van der Waals surface area contributed by atoms with E-state index in [-0.39, 0.29) is 0 Å². The van der Waals surface area contributed by atoms with Gasteiger partial charge in [-0.15, -0.1) is 5.06 Å². The fraction of sp³-hybridized carbons (Fsp3) is 0.125. The molecule has 100 valence electrons. The molecular formula is C16H13NO3. The lowest BCUT2D eigenvalue weighted by Crippen LogP contribution is -2.33. The molecule has 0 saturated carbocycles. The van der Waals surface area contributed by atoms with Crippen molar-refractivity contribution in [2.24, 2.45) is 0 Å². The fourth-order valence-corrected chi connectivity index (χ4v) is 2.25. The molecule has 0 atom stereocenters. The lowest BCUT2D eigenvalue weighted by molar-refractivity contribution is -0.118. The summed E-state index contributed by atoms with van der Waals surface area (Å²) in [6, 6.07) is 12.5. The van der Waals surface area contributed by atoms with Crippen molar-refractivity contribution in [1.82, 2.24) is 0 Å². The van der Waals surface area contributed by atoms with Gasteiger partial charge in [-0.1, -0.05) is 29.8 Å². The highest BCUT2D eigenvalue weighted by atomic mass is 16.7. The second kappa shape index (κ2) is 4.49. The van der Waals surface area contributed by atoms with Crippen LogP contribution in [0.5, 0.6) is 5.75 Å². The Morgan fingerprint density at radius 2 is 1.75 bits per heavy atom. The highest BCUT2D eigenvalue weighted by Crippen LogP contribution is 2.30. The molecule has 4 nitrogen and oxygen atoms in total. The number of hydrogen-bond acceptors (Lipinski definition) is 3. The third-order valence-electron chi connectivity index (χ3n) is 3.27. The van der Waals surface area contributed by atoms with Gasteiger partial charge in [-0.25, -0.2) is 0 Å². The van der Waals surface area contributed by atoms with E-state index in [1.165, 1.54) is 0 Å². The zero-order valence-corrected chi connectivity index (χ0v) is 11.2. The standard InChI is InChI=1S/C16H13NO3/c1-10-7-8-14(11(2)9-10)20-17-13-6-4-3-5-12(13)15(18)16(17)19/h3-9H,1-2H3. The van der Waals surface area contributed by atoms with Gasteiger partial charge in [0.05, 0.1) is 11.3 Å². The zero-order valence-electron chi connectivity index (χ0n) is 11.2. The second-order valence-electron chi connectivity index (χ2n) is 4.81. The third kappa shape index (κ3) is 1.86. The number of hydroxylamine groups is 1. The average molecular weight is 267 g/mol. The molecule has 0 fully saturated rings. The third-order valence-corrected chi connectivity index (χ3v) is 3.27. The van der Waals surface area contributed by atoms with Crippen molar-refractivity contribution in [3.05, 3.63) is 59.2 Å². The van der Waals surface area contributed by atoms with Crippen LogP contribution in [-0.2, 0) is 4.79 Å². The molecule has 1 amide bonds. The predicted octanol–water partition coefficient (Wildman–Crippen LogP) is 2.83. The molecule has 0 N–H and O–H groups in total. The van der Waals surface area contributed by atoms with Gasteiger partial charge < -0.3 is 4.84 Å². The molecule has 0 bridgehead atoms. The minimum atomic E-state index is -0.661. The number of anilines is 1. The summed E-state index contributed by atoms with van der Waals surface area (Å²) in [4.78, 5) is 29.5. The minimum absolute atomic E-state index is 0.377. The maximum atomic E-state index is 12.0. The summed E-state index contributed by atoms with van der Waals surface area (Å²) in [7, 11) is 0. The number of ketones is 1. The Morgan fingerprint density at radius 1 is 1.00 bits per heavy atom. The van der Waals surface area contributed by atoms with Gasteiger partial charge >= 0.3 is 5.91 Å². The van der Waals surface area contributed by atoms with Crippen LogP contribution in [0, 0.1) is 13.8 Å². The van der Waals surface area contributed by atoms with E-state index in [9.17, 15) is 9.59 Å². The van der Waals surface area contributed by atoms with E-state index in [4.69, 9.17) is 4.84 Å². The van der Waals surface area contributed by atoms with Crippen molar-refractivity contribution in [2.75, 3.05) is 5.06 Å². The van der Waals surface area contributed by atoms with Crippen LogP contribution in [-0.4, -0.2) is 11.7 Å². The van der Waals surface area contributed by atoms with Crippen molar-refractivity contribution >= 4 is 17.4 Å². The van der Waals surface area contributed by atoms with Gasteiger partial charge in [-0.3, -0.25) is 9.59 Å². The average Bonchev–Trinajstić information content (AvgIpc) is 2.67. The number of carbonyl (C=O) groups excluding carboxylic acids is 2. The van der Waals surface area contributed by atoms with Gasteiger partial charge in [0.1, 0.15) is 0 Å². The monoisotopic (exact) mass is 267 g/mol. The molecule has 1 aliphatic heterocycles. The Morgan fingerprint density at radius 3 is 2.50 bits per heavy atom. The molecule has 0 radical (unpaired) electrons. The number of hydrogen-bond donors (Lipinski definition) is 0. The van der Waals surface area contributed by atoms with Crippen molar-refractivity contribution < 1.29 is 14.4 Å². The van der Waals surface area contributed by atoms with E-state index in [1.807, 2.05) is 26.0 Å². The number of Topliss-reactive ketones (excluding diaryl/α,β-unsaturated/α-hetero) is 1. The first-order valence-electron chi connectivity index (χ1n) is 6.31. The molecule has 0 saturated heterocycles. The first kappa shape index (κ1) is 12.4. The van der Waals surface area contributed by atoms with Gasteiger partial charge in [0, 0.05) is 0 Å². The van der Waals surface area contributed by atoms with Gasteiger partial charge in [-0.2, -0.15) is 0 Å². The first-order chi connectivity index (χ1) is 9.58. The molecule has 3 rings (SSSR count). The molecule has 1 aliphatic rings. The normalized spacial score (nSPS) is 13.6. The minimum Gasteiger partial charge on any atom is -0.371 e. The Bertz CT molecular complexity index is 721. The van der Waals surface area contributed by atoms with Crippen LogP contribution in [0.3, 0.4) is 0 Å². The summed E-state index contributed by atoms with van der Waals surface area (Å²) in [6.07, 6.45) is 0. The van der Waals surface area contributed by atoms with Gasteiger partial charge in [-0.05, 0) is 37.6 Å². The molecule has 20 heavy (non-hydrogen) atoms. The highest BCUT2D eigenvalue weighted by Gasteiger charge is 2.37. The number of rotatable bonds is 2. The Hall–Kier alpha value is -2.62. The Balaban J connectivity index is 1.99. The van der Waals surface area contributed by atoms with Crippen LogP contribution in [0.2, 0.25) is 0 Å². The van der Waals surface area contributed by atoms with Gasteiger partial charge in [0.25, 0.3) is 5.78 Å². The van der Waals surface area contributed by atoms with E-state index in [0.29, 0.717) is 17.0 Å². The van der Waals surface area contributed by atoms with Gasteiger partial charge in [0.15, 0.2) is 5.75 Å². The molecule has 0 aromatic heterocycles. The maximum absolute atomic E-state index is 12.0. The van der Waals surface area contributed by atoms with Crippen LogP contribution in [0.4, 0.5) is 5.69 Å². The topological polar surface area (TPSA) is 46.6 Å². The smallest absolute Gasteiger partial charge is 0.332 e. The van der Waals surface area contributed by atoms with Crippen LogP contribution in [0.25, 0.3) is 0 Å². The fourth-order valence-electron chi connectivity index (χ4n) is 2.25. The number of amides is 1. The largest absolute Gasteiger partial charge is 0.371 e. The summed E-state index contributed by atoms with van der Waals surface area (Å²) in [6.45, 7) is 3.88. The first-order valence-corrected chi connectivity index (χ1v) is 6.31. The number of aryl methyl sites for hydroxylation is 2. The van der Waals surface area contributed by atoms with Gasteiger partial charge in [0.2, 0.25) is 0 Å².